The summed E-state index contributed by atoms with van der Waals surface area (Å²) in [4.78, 5) is 23.7. The number of aliphatic carboxylic acids is 1. The molecule has 0 bridgehead atoms. The third kappa shape index (κ3) is 7.04. The number of hydrogen-bond donors (Lipinski definition) is 1. The van der Waals surface area contributed by atoms with Crippen LogP contribution in [0.25, 0.3) is 0 Å². The zero-order valence-electron chi connectivity index (χ0n) is 13.9. The van der Waals surface area contributed by atoms with Gasteiger partial charge in [0.15, 0.2) is 0 Å². The molecule has 2 atom stereocenters. The quantitative estimate of drug-likeness (QED) is 0.319. The predicted molar refractivity (Wildman–Crippen MR) is 104 cm³/mol. The van der Waals surface area contributed by atoms with E-state index in [0.29, 0.717) is 34.6 Å². The van der Waals surface area contributed by atoms with Crippen LogP contribution in [-0.4, -0.2) is 22.6 Å². The van der Waals surface area contributed by atoms with Crippen molar-refractivity contribution in [3.05, 3.63) is 40.4 Å². The number of hydrogen-bond acceptors (Lipinski definition) is 3. The first-order valence-corrected chi connectivity index (χ1v) is 10.2. The average Bonchev–Trinajstić information content (AvgIpc) is 2.87. The van der Waals surface area contributed by atoms with E-state index < -0.39 is 5.97 Å². The van der Waals surface area contributed by atoms with Crippen molar-refractivity contribution in [2.45, 2.75) is 43.4 Å². The van der Waals surface area contributed by atoms with Crippen molar-refractivity contribution < 1.29 is 14.7 Å². The van der Waals surface area contributed by atoms with Crippen molar-refractivity contribution in [2.24, 2.45) is 11.8 Å². The molecular formula is C19H22Cl2O3S. The summed E-state index contributed by atoms with van der Waals surface area (Å²) in [5, 5.41) is 9.82. The molecule has 0 radical (unpaired) electrons. The first kappa shape index (κ1) is 20.3. The summed E-state index contributed by atoms with van der Waals surface area (Å²) in [5.41, 5.74) is 0. The second-order valence-corrected chi connectivity index (χ2v) is 8.25. The molecule has 1 aliphatic carbocycles. The van der Waals surface area contributed by atoms with Crippen molar-refractivity contribution in [3.63, 3.8) is 0 Å². The van der Waals surface area contributed by atoms with Gasteiger partial charge in [0.2, 0.25) is 0 Å². The Morgan fingerprint density at radius 1 is 1.24 bits per heavy atom. The number of rotatable bonds is 9. The van der Waals surface area contributed by atoms with Crippen LogP contribution in [0.4, 0.5) is 0 Å². The zero-order valence-corrected chi connectivity index (χ0v) is 16.2. The van der Waals surface area contributed by atoms with Crippen LogP contribution in [0.5, 0.6) is 0 Å². The monoisotopic (exact) mass is 400 g/mol. The van der Waals surface area contributed by atoms with Gasteiger partial charge in [-0.05, 0) is 49.8 Å². The highest BCUT2D eigenvalue weighted by molar-refractivity contribution is 7.99. The summed E-state index contributed by atoms with van der Waals surface area (Å²) in [6, 6.07) is 5.44. The number of ketones is 1. The fourth-order valence-electron chi connectivity index (χ4n) is 3.05. The van der Waals surface area contributed by atoms with Gasteiger partial charge in [0, 0.05) is 39.5 Å². The van der Waals surface area contributed by atoms with Crippen molar-refractivity contribution in [1.82, 2.24) is 0 Å². The Hall–Kier alpha value is -0.970. The Labute approximate surface area is 162 Å². The molecule has 0 aliphatic heterocycles. The first-order valence-electron chi connectivity index (χ1n) is 8.44. The number of carboxylic acid groups (broad SMARTS) is 1. The second-order valence-electron chi connectivity index (χ2n) is 6.28. The summed E-state index contributed by atoms with van der Waals surface area (Å²) >= 11 is 13.7. The molecule has 1 fully saturated rings. The molecule has 0 amide bonds. The van der Waals surface area contributed by atoms with Crippen LogP contribution in [0.2, 0.25) is 10.0 Å². The lowest BCUT2D eigenvalue weighted by atomic mass is 9.94. The molecule has 1 saturated carbocycles. The van der Waals surface area contributed by atoms with Crippen LogP contribution in [0.1, 0.15) is 38.5 Å². The number of halogens is 2. The Balaban J connectivity index is 1.82. The van der Waals surface area contributed by atoms with E-state index in [1.54, 1.807) is 17.8 Å². The minimum Gasteiger partial charge on any atom is -0.481 e. The maximum atomic E-state index is 12.2. The smallest absolute Gasteiger partial charge is 0.303 e. The van der Waals surface area contributed by atoms with Gasteiger partial charge >= 0.3 is 5.97 Å². The standard InChI is InChI=1S/C19H22Cl2O3S/c20-14-9-15(21)11-16(10-14)25-12-17-13(7-8-18(17)22)5-3-1-2-4-6-19(23)24/h1,3,9-11,13,17H,2,4-8,12H2,(H,23,24)/t13-,17+/m0/s1. The highest BCUT2D eigenvalue weighted by atomic mass is 35.5. The molecule has 25 heavy (non-hydrogen) atoms. The second kappa shape index (κ2) is 10.2. The largest absolute Gasteiger partial charge is 0.481 e. The molecule has 2 rings (SSSR count). The van der Waals surface area contributed by atoms with Gasteiger partial charge in [0.1, 0.15) is 5.78 Å². The molecule has 0 saturated heterocycles. The number of unbranched alkanes of at least 4 members (excludes halogenated alkanes) is 1. The Morgan fingerprint density at radius 2 is 1.96 bits per heavy atom. The SMILES string of the molecule is O=C(O)CCCC=CC[C@H]1CCC(=O)[C@@H]1CSc1cc(Cl)cc(Cl)c1. The zero-order chi connectivity index (χ0) is 18.2. The summed E-state index contributed by atoms with van der Waals surface area (Å²) in [6.07, 6.45) is 8.22. The molecule has 1 aromatic rings. The molecule has 0 heterocycles. The highest BCUT2D eigenvalue weighted by Gasteiger charge is 2.33. The van der Waals surface area contributed by atoms with Crippen molar-refractivity contribution >= 4 is 46.7 Å². The van der Waals surface area contributed by atoms with E-state index in [2.05, 4.69) is 6.08 Å². The number of carbonyl (C=O) groups is 2. The van der Waals surface area contributed by atoms with Gasteiger partial charge in [-0.1, -0.05) is 35.4 Å². The third-order valence-electron chi connectivity index (χ3n) is 4.38. The van der Waals surface area contributed by atoms with Crippen LogP contribution < -0.4 is 0 Å². The Kier molecular flexibility index (Phi) is 8.34. The van der Waals surface area contributed by atoms with E-state index in [4.69, 9.17) is 28.3 Å². The van der Waals surface area contributed by atoms with Gasteiger partial charge < -0.3 is 5.11 Å². The lowest BCUT2D eigenvalue weighted by Gasteiger charge is -2.16. The molecule has 6 heteroatoms. The maximum absolute atomic E-state index is 12.2. The number of carbonyl (C=O) groups excluding carboxylic acids is 1. The molecule has 1 aliphatic rings. The minimum atomic E-state index is -0.756. The number of Topliss-reactive ketones (excluding diaryl/α,β-unsaturated/α-hetero) is 1. The Bertz CT molecular complexity index is 625. The van der Waals surface area contributed by atoms with Crippen LogP contribution in [0, 0.1) is 11.8 Å². The normalized spacial score (nSPS) is 20.5. The fraction of sp³-hybridized carbons (Fsp3) is 0.474. The molecule has 1 N–H and O–H groups in total. The van der Waals surface area contributed by atoms with E-state index in [1.807, 2.05) is 18.2 Å². The molecule has 0 aromatic heterocycles. The van der Waals surface area contributed by atoms with Crippen molar-refractivity contribution in [3.8, 4) is 0 Å². The topological polar surface area (TPSA) is 54.4 Å². The third-order valence-corrected chi connectivity index (χ3v) is 5.91. The summed E-state index contributed by atoms with van der Waals surface area (Å²) in [6.45, 7) is 0. The number of carboxylic acids is 1. The van der Waals surface area contributed by atoms with Crippen LogP contribution in [-0.2, 0) is 9.59 Å². The minimum absolute atomic E-state index is 0.0615. The van der Waals surface area contributed by atoms with Gasteiger partial charge in [0.25, 0.3) is 0 Å². The van der Waals surface area contributed by atoms with E-state index in [0.717, 1.165) is 29.9 Å². The number of allylic oxidation sites excluding steroid dienone is 2. The molecule has 3 nitrogen and oxygen atoms in total. The van der Waals surface area contributed by atoms with E-state index >= 15 is 0 Å². The molecule has 1 aromatic carbocycles. The lowest BCUT2D eigenvalue weighted by molar-refractivity contribution is -0.137. The number of thioether (sulfide) groups is 1. The van der Waals surface area contributed by atoms with E-state index in [1.165, 1.54) is 0 Å². The maximum Gasteiger partial charge on any atom is 0.303 e. The molecule has 0 spiro atoms. The van der Waals surface area contributed by atoms with Gasteiger partial charge in [-0.25, -0.2) is 0 Å². The van der Waals surface area contributed by atoms with Gasteiger partial charge in [-0.2, -0.15) is 0 Å². The van der Waals surface area contributed by atoms with Crippen LogP contribution in [0.15, 0.2) is 35.2 Å². The predicted octanol–water partition coefficient (Wildman–Crippen LogP) is 5.88. The van der Waals surface area contributed by atoms with Crippen molar-refractivity contribution in [2.75, 3.05) is 5.75 Å². The molecule has 0 unspecified atom stereocenters. The average molecular weight is 401 g/mol. The van der Waals surface area contributed by atoms with Crippen LogP contribution >= 0.6 is 35.0 Å². The van der Waals surface area contributed by atoms with Crippen molar-refractivity contribution in [1.29, 1.82) is 0 Å². The summed E-state index contributed by atoms with van der Waals surface area (Å²) in [5.74, 6) is 0.752. The summed E-state index contributed by atoms with van der Waals surface area (Å²) < 4.78 is 0. The first-order chi connectivity index (χ1) is 12.0. The van der Waals surface area contributed by atoms with E-state index in [9.17, 15) is 9.59 Å². The van der Waals surface area contributed by atoms with Crippen LogP contribution in [0.3, 0.4) is 0 Å². The van der Waals surface area contributed by atoms with Gasteiger partial charge in [-0.15, -0.1) is 11.8 Å². The number of benzene rings is 1. The van der Waals surface area contributed by atoms with Gasteiger partial charge in [-0.3, -0.25) is 9.59 Å². The van der Waals surface area contributed by atoms with E-state index in [-0.39, 0.29) is 12.3 Å². The molecular weight excluding hydrogens is 379 g/mol. The summed E-state index contributed by atoms with van der Waals surface area (Å²) in [7, 11) is 0. The lowest BCUT2D eigenvalue weighted by Crippen LogP contribution is -2.17. The highest BCUT2D eigenvalue weighted by Crippen LogP contribution is 2.37. The fourth-order valence-corrected chi connectivity index (χ4v) is 4.95. The molecule has 136 valence electrons. The Morgan fingerprint density at radius 3 is 2.64 bits per heavy atom. The van der Waals surface area contributed by atoms with Gasteiger partial charge in [0.05, 0.1) is 0 Å².